The Morgan fingerprint density at radius 2 is 1.50 bits per heavy atom. The van der Waals surface area contributed by atoms with E-state index < -0.39 is 46.6 Å². The lowest BCUT2D eigenvalue weighted by molar-refractivity contribution is -0.141. The number of Topliss-reactive ketones (excluding diaryl/α,β-unsaturated/α-hetero) is 1. The van der Waals surface area contributed by atoms with Gasteiger partial charge in [-0.15, -0.1) is 0 Å². The van der Waals surface area contributed by atoms with Crippen LogP contribution >= 0.6 is 0 Å². The summed E-state index contributed by atoms with van der Waals surface area (Å²) in [5.41, 5.74) is 0.729. The largest absolute Gasteiger partial charge is 0.466 e. The van der Waals surface area contributed by atoms with E-state index in [1.54, 1.807) is 30.3 Å². The van der Waals surface area contributed by atoms with Gasteiger partial charge in [-0.1, -0.05) is 42.5 Å². The molecule has 7 aliphatic rings. The third-order valence-electron chi connectivity index (χ3n) is 8.31. The Bertz CT molecular complexity index is 1350. The molecule has 0 spiro atoms. The second-order valence-corrected chi connectivity index (χ2v) is 9.43. The zero-order valence-corrected chi connectivity index (χ0v) is 18.3. The van der Waals surface area contributed by atoms with Crippen LogP contribution < -0.4 is 0 Å². The summed E-state index contributed by atoms with van der Waals surface area (Å²) in [6, 6.07) is 8.32. The van der Waals surface area contributed by atoms with Gasteiger partial charge in [0.15, 0.2) is 0 Å². The molecule has 0 aromatic rings. The van der Waals surface area contributed by atoms with Gasteiger partial charge in [0.1, 0.15) is 0 Å². The number of hydrogen-bond acceptors (Lipinski definition) is 5. The number of esters is 2. The average molecular weight is 468 g/mol. The second-order valence-electron chi connectivity index (χ2n) is 9.43. The van der Waals surface area contributed by atoms with Gasteiger partial charge >= 0.3 is 18.1 Å². The fourth-order valence-electron chi connectivity index (χ4n) is 7.23. The molecule has 0 N–H and O–H groups in total. The third kappa shape index (κ3) is 2.19. The first-order chi connectivity index (χ1) is 16.1. The molecule has 1 saturated carbocycles. The molecule has 0 radical (unpaired) electrons. The van der Waals surface area contributed by atoms with Crippen molar-refractivity contribution in [3.63, 3.8) is 0 Å². The molecule has 0 unspecified atom stereocenters. The lowest BCUT2D eigenvalue weighted by atomic mass is 9.59. The van der Waals surface area contributed by atoms with E-state index >= 15 is 0 Å². The first-order valence-electron chi connectivity index (χ1n) is 10.9. The highest BCUT2D eigenvalue weighted by molar-refractivity contribution is 6.11. The van der Waals surface area contributed by atoms with Gasteiger partial charge in [0, 0.05) is 22.8 Å². The van der Waals surface area contributed by atoms with Gasteiger partial charge in [0.25, 0.3) is 5.78 Å². The Hall–Kier alpha value is -3.42. The van der Waals surface area contributed by atoms with E-state index in [-0.39, 0.29) is 28.7 Å². The molecule has 0 aliphatic heterocycles. The summed E-state index contributed by atoms with van der Waals surface area (Å²) in [7, 11) is 2.46. The summed E-state index contributed by atoms with van der Waals surface area (Å²) in [4.78, 5) is 38.3. The highest BCUT2D eigenvalue weighted by atomic mass is 19.4. The van der Waals surface area contributed by atoms with E-state index in [1.165, 1.54) is 14.2 Å². The molecular weight excluding hydrogens is 449 g/mol. The Morgan fingerprint density at radius 1 is 0.912 bits per heavy atom. The van der Waals surface area contributed by atoms with Crippen LogP contribution in [0.25, 0.3) is 11.1 Å². The average Bonchev–Trinajstić information content (AvgIpc) is 3.40. The van der Waals surface area contributed by atoms with E-state index in [0.29, 0.717) is 23.1 Å². The molecule has 34 heavy (non-hydrogen) atoms. The van der Waals surface area contributed by atoms with Crippen molar-refractivity contribution in [1.29, 1.82) is 0 Å². The fraction of sp³-hybridized carbons (Fsp3) is 0.346. The molecule has 0 aromatic heterocycles. The minimum atomic E-state index is -5.03. The van der Waals surface area contributed by atoms with Crippen LogP contribution in [-0.4, -0.2) is 38.1 Å². The van der Waals surface area contributed by atoms with Gasteiger partial charge in [-0.05, 0) is 40.5 Å². The Morgan fingerprint density at radius 3 is 2.12 bits per heavy atom. The Balaban J connectivity index is 1.64. The fourth-order valence-corrected chi connectivity index (χ4v) is 7.23. The highest BCUT2D eigenvalue weighted by Crippen LogP contribution is 2.85. The summed E-state index contributed by atoms with van der Waals surface area (Å²) < 4.78 is 51.0. The first-order valence-corrected chi connectivity index (χ1v) is 10.9. The van der Waals surface area contributed by atoms with E-state index in [9.17, 15) is 27.6 Å². The van der Waals surface area contributed by atoms with E-state index in [4.69, 9.17) is 9.47 Å². The number of fused-ring (bicyclic) bond motifs is 3. The number of rotatable bonds is 3. The number of ether oxygens (including phenoxy) is 2. The number of allylic oxidation sites excluding steroid dienone is 2. The molecule has 5 nitrogen and oxygen atoms in total. The lowest BCUT2D eigenvalue weighted by Crippen LogP contribution is -2.43. The molecular formula is C26H19F3O5. The van der Waals surface area contributed by atoms with Crippen molar-refractivity contribution in [2.45, 2.75) is 24.4 Å². The predicted octanol–water partition coefficient (Wildman–Crippen LogP) is 4.18. The van der Waals surface area contributed by atoms with Gasteiger partial charge in [0.05, 0.1) is 25.4 Å². The normalized spacial score (nSPS) is 30.0. The first kappa shape index (κ1) is 21.1. The van der Waals surface area contributed by atoms with Gasteiger partial charge < -0.3 is 9.47 Å². The van der Waals surface area contributed by atoms with Crippen LogP contribution in [0.15, 0.2) is 53.6 Å². The molecule has 2 bridgehead atoms. The molecule has 0 amide bonds. The number of hydrogen-bond donors (Lipinski definition) is 0. The molecule has 7 rings (SSSR count). The van der Waals surface area contributed by atoms with E-state index in [2.05, 4.69) is 0 Å². The zero-order chi connectivity index (χ0) is 24.2. The molecule has 4 atom stereocenters. The van der Waals surface area contributed by atoms with Crippen molar-refractivity contribution in [3.8, 4) is 11.1 Å². The van der Waals surface area contributed by atoms with Crippen molar-refractivity contribution >= 4 is 17.7 Å². The van der Waals surface area contributed by atoms with Crippen LogP contribution in [0.1, 0.15) is 27.9 Å². The summed E-state index contributed by atoms with van der Waals surface area (Å²) in [5.74, 6) is -4.26. The second kappa shape index (κ2) is 6.37. The van der Waals surface area contributed by atoms with Gasteiger partial charge in [-0.25, -0.2) is 9.59 Å². The molecule has 0 aromatic carbocycles. The van der Waals surface area contributed by atoms with Crippen LogP contribution in [0.5, 0.6) is 0 Å². The van der Waals surface area contributed by atoms with E-state index in [0.717, 1.165) is 0 Å². The van der Waals surface area contributed by atoms with Crippen molar-refractivity contribution in [2.24, 2.45) is 17.3 Å². The lowest BCUT2D eigenvalue weighted by Gasteiger charge is -2.43. The van der Waals surface area contributed by atoms with Crippen molar-refractivity contribution in [1.82, 2.24) is 0 Å². The smallest absolute Gasteiger partial charge is 0.454 e. The predicted molar refractivity (Wildman–Crippen MR) is 113 cm³/mol. The Kier molecular flexibility index (Phi) is 3.96. The summed E-state index contributed by atoms with van der Waals surface area (Å²) in [6.07, 6.45) is -0.503. The third-order valence-corrected chi connectivity index (χ3v) is 8.31. The van der Waals surface area contributed by atoms with Gasteiger partial charge in [-0.3, -0.25) is 4.79 Å². The number of carbonyl (C=O) groups is 3. The van der Waals surface area contributed by atoms with Crippen LogP contribution in [0, 0.1) is 17.3 Å². The number of ketones is 1. The maximum Gasteiger partial charge on any atom is 0.454 e. The SMILES string of the molecule is COC(=O)C1=C(C(=O)OC)[C@@H]2C=C[C@H]1[C@]13Cc4c(C(=O)C(F)(F)F)c5cccccc-5c4[C@]21C3. The molecule has 0 heterocycles. The molecule has 7 aliphatic carbocycles. The number of carbonyl (C=O) groups excluding carboxylic acids is 3. The molecule has 8 heteroatoms. The summed E-state index contributed by atoms with van der Waals surface area (Å²) in [5, 5.41) is 0. The minimum Gasteiger partial charge on any atom is -0.466 e. The zero-order valence-electron chi connectivity index (χ0n) is 18.3. The molecule has 174 valence electrons. The quantitative estimate of drug-likeness (QED) is 0.384. The number of halogens is 3. The van der Waals surface area contributed by atoms with Crippen LogP contribution in [0.3, 0.4) is 0 Å². The van der Waals surface area contributed by atoms with Gasteiger partial charge in [-0.2, -0.15) is 13.2 Å². The van der Waals surface area contributed by atoms with Crippen molar-refractivity contribution in [2.75, 3.05) is 14.2 Å². The van der Waals surface area contributed by atoms with E-state index in [1.807, 2.05) is 12.2 Å². The van der Waals surface area contributed by atoms with Crippen molar-refractivity contribution < 1.29 is 37.0 Å². The monoisotopic (exact) mass is 468 g/mol. The van der Waals surface area contributed by atoms with Crippen LogP contribution in [0.2, 0.25) is 0 Å². The highest BCUT2D eigenvalue weighted by Gasteiger charge is 2.82. The maximum atomic E-state index is 13.7. The minimum absolute atomic E-state index is 0.196. The summed E-state index contributed by atoms with van der Waals surface area (Å²) in [6.45, 7) is 0. The van der Waals surface area contributed by atoms with Crippen LogP contribution in [-0.2, 0) is 30.9 Å². The maximum absolute atomic E-state index is 13.7. The number of alkyl halides is 3. The molecule has 1 fully saturated rings. The standard InChI is InChI=1S/C26H19F3O5/c1-33-22(31)18-15-8-9-16(19(18)23(32)34-2)25-11-24(15,25)10-14-17(21(30)26(27,28)29)12-6-4-3-5-7-13(12)20(14)25/h3-9,15-16H,10-11H2,1-2H3/t15-,16+,24-,25+/m1/s1. The topological polar surface area (TPSA) is 69.7 Å². The van der Waals surface area contributed by atoms with Crippen LogP contribution in [0.4, 0.5) is 13.2 Å². The van der Waals surface area contributed by atoms with Crippen molar-refractivity contribution in [3.05, 3.63) is 70.3 Å². The Labute approximate surface area is 192 Å². The molecule has 0 saturated heterocycles. The number of methoxy groups -OCH3 is 2. The summed E-state index contributed by atoms with van der Waals surface area (Å²) >= 11 is 0. The van der Waals surface area contributed by atoms with Gasteiger partial charge in [0.2, 0.25) is 0 Å².